The zero-order valence-electron chi connectivity index (χ0n) is 23.2. The summed E-state index contributed by atoms with van der Waals surface area (Å²) >= 11 is 15.1. The number of nitrogens with zero attached hydrogens (tertiary/aromatic N) is 1. The molecule has 3 aromatic carbocycles. The van der Waals surface area contributed by atoms with Crippen LogP contribution in [-0.2, 0) is 19.7 Å². The molecule has 2 heterocycles. The van der Waals surface area contributed by atoms with Gasteiger partial charge < -0.3 is 14.8 Å². The van der Waals surface area contributed by atoms with E-state index in [0.717, 1.165) is 8.47 Å². The summed E-state index contributed by atoms with van der Waals surface area (Å²) < 4.78 is 12.6. The summed E-state index contributed by atoms with van der Waals surface area (Å²) in [5.41, 5.74) is -0.266. The van der Waals surface area contributed by atoms with Crippen LogP contribution in [-0.4, -0.2) is 30.1 Å². The molecule has 1 spiro atoms. The molecular formula is C32H29Cl2IN2O5. The lowest BCUT2D eigenvalue weighted by Gasteiger charge is -2.47. The molecule has 0 saturated carbocycles. The molecule has 2 aliphatic rings. The molecule has 218 valence electrons. The van der Waals surface area contributed by atoms with Gasteiger partial charge in [-0.2, -0.15) is 0 Å². The Kier molecular flexibility index (Phi) is 8.35. The van der Waals surface area contributed by atoms with E-state index in [1.54, 1.807) is 69.3 Å². The van der Waals surface area contributed by atoms with Crippen molar-refractivity contribution in [1.29, 1.82) is 0 Å². The molecule has 3 aromatic rings. The van der Waals surface area contributed by atoms with Crippen LogP contribution in [0.5, 0.6) is 5.75 Å². The summed E-state index contributed by atoms with van der Waals surface area (Å²) in [5.74, 6) is -1.04. The Labute approximate surface area is 268 Å². The van der Waals surface area contributed by atoms with Gasteiger partial charge in [0, 0.05) is 31.5 Å². The van der Waals surface area contributed by atoms with E-state index >= 15 is 4.79 Å². The van der Waals surface area contributed by atoms with Crippen molar-refractivity contribution in [2.24, 2.45) is 0 Å². The van der Waals surface area contributed by atoms with Crippen molar-refractivity contribution >= 4 is 69.4 Å². The largest absolute Gasteiger partial charge is 0.489 e. The van der Waals surface area contributed by atoms with Crippen molar-refractivity contribution in [3.8, 4) is 5.75 Å². The van der Waals surface area contributed by atoms with Gasteiger partial charge in [-0.15, -0.1) is 0 Å². The normalized spacial score (nSPS) is 21.6. The van der Waals surface area contributed by atoms with Crippen molar-refractivity contribution in [1.82, 2.24) is 5.32 Å². The molecule has 3 amide bonds. The standard InChI is InChI=1S/C32H29Cl2IN2O5/c1-5-13-41-26-12-10-21(35)16-22(26)28-32(24(17-27(38)36-28)18-7-6-8-19(33)14-18)23-11-9-20(34)15-25(23)37(29(32)39)30(40)42-31(2,3)4/h5-12,14-16,24,28H,1,13,17H2,2-4H3,(H,36,38)/t24-,28+,32-/m0/s1. The van der Waals surface area contributed by atoms with Crippen molar-refractivity contribution in [3.63, 3.8) is 0 Å². The van der Waals surface area contributed by atoms with Crippen molar-refractivity contribution in [3.05, 3.63) is 104 Å². The average molecular weight is 719 g/mol. The molecule has 0 unspecified atom stereocenters. The topological polar surface area (TPSA) is 84.9 Å². The number of hydrogen-bond acceptors (Lipinski definition) is 5. The Balaban J connectivity index is 1.85. The van der Waals surface area contributed by atoms with Gasteiger partial charge in [-0.1, -0.05) is 54.1 Å². The molecule has 42 heavy (non-hydrogen) atoms. The van der Waals surface area contributed by atoms with Crippen molar-refractivity contribution in [2.45, 2.75) is 50.2 Å². The van der Waals surface area contributed by atoms with Gasteiger partial charge in [0.25, 0.3) is 0 Å². The van der Waals surface area contributed by atoms with Gasteiger partial charge >= 0.3 is 6.09 Å². The van der Waals surface area contributed by atoms with Crippen LogP contribution in [0.1, 0.15) is 55.8 Å². The molecule has 0 radical (unpaired) electrons. The Morgan fingerprint density at radius 3 is 2.55 bits per heavy atom. The number of carbonyl (C=O) groups excluding carboxylic acids is 3. The second-order valence-electron chi connectivity index (χ2n) is 11.2. The van der Waals surface area contributed by atoms with Gasteiger partial charge in [0.2, 0.25) is 11.8 Å². The number of rotatable bonds is 5. The first-order valence-corrected chi connectivity index (χ1v) is 15.2. The average Bonchev–Trinajstić information content (AvgIpc) is 3.15. The number of nitrogens with one attached hydrogen (secondary N) is 1. The van der Waals surface area contributed by atoms with E-state index < -0.39 is 35.0 Å². The Morgan fingerprint density at radius 1 is 1.12 bits per heavy atom. The maximum absolute atomic E-state index is 15.1. The van der Waals surface area contributed by atoms with Crippen LogP contribution >= 0.6 is 45.8 Å². The van der Waals surface area contributed by atoms with E-state index in [1.807, 2.05) is 18.2 Å². The lowest BCUT2D eigenvalue weighted by atomic mass is 9.59. The number of piperidine rings is 1. The maximum atomic E-state index is 15.1. The molecule has 3 atom stereocenters. The molecule has 0 bridgehead atoms. The number of anilines is 1. The lowest BCUT2D eigenvalue weighted by Crippen LogP contribution is -2.59. The minimum atomic E-state index is -1.49. The highest BCUT2D eigenvalue weighted by Gasteiger charge is 2.65. The molecule has 1 N–H and O–H groups in total. The van der Waals surface area contributed by atoms with Gasteiger partial charge in [0.05, 0.1) is 11.7 Å². The monoisotopic (exact) mass is 718 g/mol. The lowest BCUT2D eigenvalue weighted by molar-refractivity contribution is -0.132. The first-order chi connectivity index (χ1) is 19.9. The molecule has 1 fully saturated rings. The fourth-order valence-electron chi connectivity index (χ4n) is 5.89. The van der Waals surface area contributed by atoms with E-state index in [9.17, 15) is 9.59 Å². The number of carbonyl (C=O) groups is 3. The number of fused-ring (bicyclic) bond motifs is 2. The smallest absolute Gasteiger partial charge is 0.421 e. The number of amides is 3. The highest BCUT2D eigenvalue weighted by atomic mass is 127. The fraction of sp³-hybridized carbons (Fsp3) is 0.281. The predicted octanol–water partition coefficient (Wildman–Crippen LogP) is 7.73. The van der Waals surface area contributed by atoms with Crippen LogP contribution in [0.2, 0.25) is 10.0 Å². The SMILES string of the molecule is C=CCOc1ccc(I)cc1[C@H]1NC(=O)C[C@@H](c2cccc(Cl)c2)[C@]12C(=O)N(C(=O)OC(C)(C)C)c1cc(Cl)ccc12. The zero-order chi connectivity index (χ0) is 30.4. The minimum absolute atomic E-state index is 0.0282. The molecule has 0 aliphatic carbocycles. The Hall–Kier alpha value is -3.08. The molecule has 2 aliphatic heterocycles. The fourth-order valence-corrected chi connectivity index (χ4v) is 6.77. The molecule has 0 aromatic heterocycles. The van der Waals surface area contributed by atoms with Gasteiger partial charge in [0.15, 0.2) is 0 Å². The van der Waals surface area contributed by atoms with E-state index in [-0.39, 0.29) is 18.9 Å². The molecule has 1 saturated heterocycles. The number of halogens is 3. The van der Waals surface area contributed by atoms with Crippen LogP contribution in [0.3, 0.4) is 0 Å². The predicted molar refractivity (Wildman–Crippen MR) is 171 cm³/mol. The quantitative estimate of drug-likeness (QED) is 0.216. The third-order valence-electron chi connectivity index (χ3n) is 7.37. The van der Waals surface area contributed by atoms with Crippen molar-refractivity contribution in [2.75, 3.05) is 11.5 Å². The Bertz CT molecular complexity index is 1600. The van der Waals surface area contributed by atoms with Gasteiger partial charge in [-0.25, -0.2) is 9.69 Å². The molecule has 5 rings (SSSR count). The summed E-state index contributed by atoms with van der Waals surface area (Å²) in [6.45, 7) is 9.15. The van der Waals surface area contributed by atoms with E-state index in [4.69, 9.17) is 32.7 Å². The van der Waals surface area contributed by atoms with Gasteiger partial charge in [0.1, 0.15) is 23.4 Å². The van der Waals surface area contributed by atoms with Crippen LogP contribution in [0.4, 0.5) is 10.5 Å². The number of ether oxygens (including phenoxy) is 2. The summed E-state index contributed by atoms with van der Waals surface area (Å²) in [5, 5.41) is 3.90. The summed E-state index contributed by atoms with van der Waals surface area (Å²) in [6, 6.07) is 16.8. The Morgan fingerprint density at radius 2 is 1.86 bits per heavy atom. The minimum Gasteiger partial charge on any atom is -0.489 e. The summed E-state index contributed by atoms with van der Waals surface area (Å²) in [4.78, 5) is 43.4. The van der Waals surface area contributed by atoms with Gasteiger partial charge in [-0.05, 0) is 97.0 Å². The van der Waals surface area contributed by atoms with Gasteiger partial charge in [-0.3, -0.25) is 9.59 Å². The molecule has 10 heteroatoms. The highest BCUT2D eigenvalue weighted by Crippen LogP contribution is 2.60. The van der Waals surface area contributed by atoms with Crippen LogP contribution < -0.4 is 15.0 Å². The van der Waals surface area contributed by atoms with E-state index in [2.05, 4.69) is 34.5 Å². The number of imide groups is 1. The summed E-state index contributed by atoms with van der Waals surface area (Å²) in [7, 11) is 0. The van der Waals surface area contributed by atoms with E-state index in [1.165, 1.54) is 0 Å². The first kappa shape index (κ1) is 30.4. The van der Waals surface area contributed by atoms with Crippen molar-refractivity contribution < 1.29 is 23.9 Å². The second kappa shape index (κ2) is 11.5. The second-order valence-corrected chi connectivity index (χ2v) is 13.4. The first-order valence-electron chi connectivity index (χ1n) is 13.3. The highest BCUT2D eigenvalue weighted by molar-refractivity contribution is 14.1. The third-order valence-corrected chi connectivity index (χ3v) is 8.51. The molecule has 7 nitrogen and oxygen atoms in total. The number of benzene rings is 3. The van der Waals surface area contributed by atoms with Crippen LogP contribution in [0, 0.1) is 3.57 Å². The number of hydrogen-bond donors (Lipinski definition) is 1. The third kappa shape index (κ3) is 5.40. The van der Waals surface area contributed by atoms with Crippen LogP contribution in [0.25, 0.3) is 0 Å². The molecular weight excluding hydrogens is 690 g/mol. The van der Waals surface area contributed by atoms with Crippen LogP contribution in [0.15, 0.2) is 73.3 Å². The van der Waals surface area contributed by atoms with E-state index in [0.29, 0.717) is 38.2 Å². The zero-order valence-corrected chi connectivity index (χ0v) is 26.9. The summed E-state index contributed by atoms with van der Waals surface area (Å²) in [6.07, 6.45) is 0.757. The maximum Gasteiger partial charge on any atom is 0.421 e.